The molecular formula is C19H23ClFN5O9P2. The van der Waals surface area contributed by atoms with Crippen LogP contribution < -0.4 is 5.32 Å². The van der Waals surface area contributed by atoms with Gasteiger partial charge in [0.2, 0.25) is 5.28 Å². The quantitative estimate of drug-likeness (QED) is 0.157. The molecule has 14 nitrogen and oxygen atoms in total. The van der Waals surface area contributed by atoms with Crippen LogP contribution in [0.5, 0.6) is 0 Å². The lowest BCUT2D eigenvalue weighted by Gasteiger charge is -2.18. The Morgan fingerprint density at radius 2 is 1.92 bits per heavy atom. The van der Waals surface area contributed by atoms with E-state index in [1.54, 1.807) is 25.1 Å². The lowest BCUT2D eigenvalue weighted by Crippen LogP contribution is -2.33. The third-order valence-electron chi connectivity index (χ3n) is 5.50. The second-order valence-corrected chi connectivity index (χ2v) is 12.7. The summed E-state index contributed by atoms with van der Waals surface area (Å²) >= 11 is 6.03. The average Bonchev–Trinajstić information content (AvgIpc) is 3.32. The smallest absolute Gasteiger partial charge is 0.340 e. The predicted octanol–water partition coefficient (Wildman–Crippen LogP) is 1.75. The van der Waals surface area contributed by atoms with Gasteiger partial charge in [-0.1, -0.05) is 18.2 Å². The van der Waals surface area contributed by atoms with E-state index in [0.29, 0.717) is 10.9 Å². The van der Waals surface area contributed by atoms with Gasteiger partial charge in [0, 0.05) is 11.8 Å². The number of nitrogens with zero attached hydrogens (tertiary/aromatic N) is 4. The summed E-state index contributed by atoms with van der Waals surface area (Å²) in [4.78, 5) is 35.6. The standard InChI is InChI=1S/C19H23ClFN5O9P2/c1-9(10-4-2-3-5-12(10)21)22-16-11-6-26(25-17(11)24-19(20)23-16)18-15(28)14(27)13(35-18)7-34-37(32,33)8-36(29,30)31/h2-6,9,13-15,18,27-28H,7-8H2,1H3,(H,32,33)(H2,29,30,31)(H,22,23,24,25)/t9-,13+,14+,15+,18-/m0/s1. The maximum Gasteiger partial charge on any atom is 0.340 e. The molecule has 0 aliphatic carbocycles. The molecule has 2 aromatic heterocycles. The molecule has 6 atom stereocenters. The molecule has 1 saturated heterocycles. The van der Waals surface area contributed by atoms with Crippen LogP contribution in [0.3, 0.4) is 0 Å². The maximum atomic E-state index is 14.2. The predicted molar refractivity (Wildman–Crippen MR) is 127 cm³/mol. The van der Waals surface area contributed by atoms with E-state index in [9.17, 15) is 28.6 Å². The summed E-state index contributed by atoms with van der Waals surface area (Å²) in [5, 5.41) is 28.3. The zero-order valence-corrected chi connectivity index (χ0v) is 21.5. The Kier molecular flexibility index (Phi) is 8.03. The number of hydrogen-bond acceptors (Lipinski definition) is 10. The second-order valence-electron chi connectivity index (χ2n) is 8.36. The van der Waals surface area contributed by atoms with Gasteiger partial charge in [0.1, 0.15) is 29.9 Å². The molecule has 18 heteroatoms. The van der Waals surface area contributed by atoms with Gasteiger partial charge in [-0.15, -0.1) is 5.10 Å². The van der Waals surface area contributed by atoms with Crippen molar-refractivity contribution in [2.24, 2.45) is 0 Å². The van der Waals surface area contributed by atoms with Gasteiger partial charge < -0.3 is 39.5 Å². The Labute approximate surface area is 213 Å². The lowest BCUT2D eigenvalue weighted by atomic mass is 10.1. The van der Waals surface area contributed by atoms with Crippen molar-refractivity contribution in [1.29, 1.82) is 0 Å². The van der Waals surface area contributed by atoms with E-state index >= 15 is 0 Å². The number of ether oxygens (including phenoxy) is 1. The molecule has 4 rings (SSSR count). The van der Waals surface area contributed by atoms with E-state index in [4.69, 9.17) is 30.6 Å². The van der Waals surface area contributed by atoms with Crippen molar-refractivity contribution in [3.8, 4) is 0 Å². The molecular weight excluding hydrogens is 559 g/mol. The fourth-order valence-electron chi connectivity index (χ4n) is 3.80. The Morgan fingerprint density at radius 1 is 1.22 bits per heavy atom. The SMILES string of the molecule is C[C@H](Nc1nc(Cl)nc2nn([C@H]3O[C@H](COP(=O)(O)CP(=O)(O)O)[C@@H](O)[C@H]3O)cc12)c1ccccc1F. The lowest BCUT2D eigenvalue weighted by molar-refractivity contribution is -0.0558. The van der Waals surface area contributed by atoms with Crippen molar-refractivity contribution in [3.05, 3.63) is 47.1 Å². The van der Waals surface area contributed by atoms with Gasteiger partial charge in [-0.05, 0) is 24.6 Å². The number of aliphatic hydroxyl groups excluding tert-OH is 2. The molecule has 0 spiro atoms. The molecule has 1 aliphatic rings. The van der Waals surface area contributed by atoms with E-state index in [2.05, 4.69) is 20.4 Å². The summed E-state index contributed by atoms with van der Waals surface area (Å²) < 4.78 is 48.5. The van der Waals surface area contributed by atoms with Crippen LogP contribution in [-0.4, -0.2) is 75.5 Å². The Hall–Kier alpha value is -2.03. The van der Waals surface area contributed by atoms with Crippen LogP contribution in [0.1, 0.15) is 24.8 Å². The second kappa shape index (κ2) is 10.6. The molecule has 3 aromatic rings. The molecule has 0 radical (unpaired) electrons. The highest BCUT2D eigenvalue weighted by molar-refractivity contribution is 7.70. The van der Waals surface area contributed by atoms with Crippen LogP contribution in [0.2, 0.25) is 5.28 Å². The zero-order chi connectivity index (χ0) is 27.1. The number of anilines is 1. The molecule has 0 amide bonds. The first kappa shape index (κ1) is 28.0. The number of aromatic nitrogens is 4. The number of rotatable bonds is 9. The highest BCUT2D eigenvalue weighted by atomic mass is 35.5. The van der Waals surface area contributed by atoms with Gasteiger partial charge >= 0.3 is 15.2 Å². The number of hydrogen-bond donors (Lipinski definition) is 6. The van der Waals surface area contributed by atoms with Crippen LogP contribution in [0.15, 0.2) is 30.5 Å². The van der Waals surface area contributed by atoms with E-state index in [-0.39, 0.29) is 16.7 Å². The van der Waals surface area contributed by atoms with E-state index in [1.165, 1.54) is 12.3 Å². The Morgan fingerprint density at radius 3 is 2.59 bits per heavy atom. The zero-order valence-electron chi connectivity index (χ0n) is 19.0. The molecule has 37 heavy (non-hydrogen) atoms. The normalized spacial score (nSPS) is 24.8. The molecule has 202 valence electrons. The summed E-state index contributed by atoms with van der Waals surface area (Å²) in [6, 6.07) is 5.64. The first-order valence-electron chi connectivity index (χ1n) is 10.7. The van der Waals surface area contributed by atoms with Gasteiger partial charge in [-0.2, -0.15) is 9.97 Å². The summed E-state index contributed by atoms with van der Waals surface area (Å²) in [7, 11) is -9.56. The summed E-state index contributed by atoms with van der Waals surface area (Å²) in [5.41, 5.74) is 0.466. The van der Waals surface area contributed by atoms with E-state index in [0.717, 1.165) is 4.68 Å². The van der Waals surface area contributed by atoms with Crippen LogP contribution >= 0.6 is 26.8 Å². The topological polar surface area (TPSA) is 209 Å². The number of nitrogens with one attached hydrogen (secondary N) is 1. The van der Waals surface area contributed by atoms with Crippen LogP contribution in [0.25, 0.3) is 11.0 Å². The Bertz CT molecular complexity index is 1390. The van der Waals surface area contributed by atoms with Crippen LogP contribution in [0.4, 0.5) is 10.2 Å². The fraction of sp³-hybridized carbons (Fsp3) is 0.421. The molecule has 1 unspecified atom stereocenters. The average molecular weight is 582 g/mol. The molecule has 1 aromatic carbocycles. The summed E-state index contributed by atoms with van der Waals surface area (Å²) in [6.07, 6.45) is -4.40. The molecule has 3 heterocycles. The molecule has 0 saturated carbocycles. The third-order valence-corrected chi connectivity index (χ3v) is 9.12. The van der Waals surface area contributed by atoms with Gasteiger partial charge in [0.15, 0.2) is 17.8 Å². The molecule has 0 bridgehead atoms. The highest BCUT2D eigenvalue weighted by Gasteiger charge is 2.45. The number of aliphatic hydroxyl groups is 2. The minimum Gasteiger partial charge on any atom is -0.387 e. The maximum absolute atomic E-state index is 14.2. The highest BCUT2D eigenvalue weighted by Crippen LogP contribution is 2.55. The number of benzene rings is 1. The van der Waals surface area contributed by atoms with Crippen molar-refractivity contribution in [2.45, 2.75) is 37.5 Å². The third kappa shape index (κ3) is 6.52. The fourth-order valence-corrected chi connectivity index (χ4v) is 6.53. The van der Waals surface area contributed by atoms with Gasteiger partial charge in [0.25, 0.3) is 0 Å². The van der Waals surface area contributed by atoms with Crippen molar-refractivity contribution in [2.75, 3.05) is 17.8 Å². The minimum absolute atomic E-state index is 0.0923. The van der Waals surface area contributed by atoms with Gasteiger partial charge in [0.05, 0.1) is 18.0 Å². The van der Waals surface area contributed by atoms with Crippen LogP contribution in [0, 0.1) is 5.82 Å². The minimum atomic E-state index is -4.85. The van der Waals surface area contributed by atoms with E-state index < -0.39 is 64.1 Å². The first-order valence-corrected chi connectivity index (χ1v) is 14.6. The molecule has 1 aliphatic heterocycles. The molecule has 6 N–H and O–H groups in total. The van der Waals surface area contributed by atoms with Crippen LogP contribution in [-0.2, 0) is 18.4 Å². The first-order chi connectivity index (χ1) is 17.2. The van der Waals surface area contributed by atoms with Gasteiger partial charge in [-0.3, -0.25) is 9.13 Å². The van der Waals surface area contributed by atoms with Crippen molar-refractivity contribution in [3.63, 3.8) is 0 Å². The van der Waals surface area contributed by atoms with Crippen molar-refractivity contribution >= 4 is 43.6 Å². The summed E-state index contributed by atoms with van der Waals surface area (Å²) in [5.74, 6) is -1.63. The Balaban J connectivity index is 1.54. The van der Waals surface area contributed by atoms with Gasteiger partial charge in [-0.25, -0.2) is 9.07 Å². The largest absolute Gasteiger partial charge is 0.387 e. The van der Waals surface area contributed by atoms with Crippen molar-refractivity contribution < 1.29 is 47.7 Å². The summed E-state index contributed by atoms with van der Waals surface area (Å²) in [6.45, 7) is 0.962. The number of fused-ring (bicyclic) bond motifs is 1. The van der Waals surface area contributed by atoms with E-state index in [1.807, 2.05) is 0 Å². The van der Waals surface area contributed by atoms with Crippen molar-refractivity contribution in [1.82, 2.24) is 19.7 Å². The molecule has 1 fully saturated rings. The monoisotopic (exact) mass is 581 g/mol. The number of halogens is 2.